The number of carbonyl (C=O) groups excluding carboxylic acids is 3. The molecule has 4 aliphatic rings. The van der Waals surface area contributed by atoms with Gasteiger partial charge in [0.05, 0.1) is 6.10 Å². The van der Waals surface area contributed by atoms with Crippen LogP contribution in [0, 0.1) is 28.6 Å². The van der Waals surface area contributed by atoms with E-state index >= 15 is 0 Å². The number of unbranched alkanes of at least 4 members (excludes halogenated alkanes) is 1. The van der Waals surface area contributed by atoms with Crippen LogP contribution in [0.25, 0.3) is 0 Å². The summed E-state index contributed by atoms with van der Waals surface area (Å²) in [4.78, 5) is 37.9. The molecule has 0 aliphatic heterocycles. The Morgan fingerprint density at radius 3 is 2.62 bits per heavy atom. The van der Waals surface area contributed by atoms with Gasteiger partial charge in [0, 0.05) is 18.3 Å². The van der Waals surface area contributed by atoms with Crippen molar-refractivity contribution in [2.24, 2.45) is 28.6 Å². The van der Waals surface area contributed by atoms with Crippen LogP contribution >= 0.6 is 0 Å². The first-order valence-corrected chi connectivity index (χ1v) is 12.4. The fraction of sp³-hybridized carbons (Fsp3) is 0.808. The van der Waals surface area contributed by atoms with Crippen molar-refractivity contribution in [2.45, 2.75) is 96.7 Å². The molecule has 6 nitrogen and oxygen atoms in total. The van der Waals surface area contributed by atoms with Crippen LogP contribution in [0.2, 0.25) is 0 Å². The normalized spacial score (nSPS) is 43.0. The van der Waals surface area contributed by atoms with Crippen molar-refractivity contribution in [1.29, 1.82) is 0 Å². The van der Waals surface area contributed by atoms with Crippen LogP contribution < -0.4 is 0 Å². The fourth-order valence-corrected chi connectivity index (χ4v) is 8.05. The Morgan fingerprint density at radius 2 is 1.94 bits per heavy atom. The number of ether oxygens (including phenoxy) is 1. The number of aliphatic hydroxyl groups excluding tert-OH is 2. The summed E-state index contributed by atoms with van der Waals surface area (Å²) in [6.45, 7) is 5.51. The average Bonchev–Trinajstić information content (AvgIpc) is 3.04. The minimum absolute atomic E-state index is 0.0319. The lowest BCUT2D eigenvalue weighted by Crippen LogP contribution is -2.63. The number of hydrogen-bond acceptors (Lipinski definition) is 6. The van der Waals surface area contributed by atoms with Crippen molar-refractivity contribution in [1.82, 2.24) is 0 Å². The van der Waals surface area contributed by atoms with Gasteiger partial charge in [-0.05, 0) is 74.2 Å². The number of Topliss-reactive ketones (excluding diaryl/α,β-unsaturated/α-hetero) is 1. The molecular formula is C26H38O6. The van der Waals surface area contributed by atoms with Gasteiger partial charge in [0.15, 0.2) is 11.4 Å². The Labute approximate surface area is 190 Å². The summed E-state index contributed by atoms with van der Waals surface area (Å²) in [6, 6.07) is 0. The molecule has 32 heavy (non-hydrogen) atoms. The molecule has 0 saturated heterocycles. The minimum Gasteiger partial charge on any atom is -0.450 e. The van der Waals surface area contributed by atoms with E-state index in [1.54, 1.807) is 0 Å². The number of aliphatic hydroxyl groups is 2. The highest BCUT2D eigenvalue weighted by atomic mass is 16.6. The second-order valence-corrected chi connectivity index (χ2v) is 11.1. The van der Waals surface area contributed by atoms with Crippen LogP contribution in [0.15, 0.2) is 11.6 Å². The Morgan fingerprint density at radius 1 is 1.19 bits per heavy atom. The maximum absolute atomic E-state index is 13.1. The molecule has 0 unspecified atom stereocenters. The number of carbonyl (C=O) groups is 3. The third-order valence-electron chi connectivity index (χ3n) is 9.63. The van der Waals surface area contributed by atoms with Crippen molar-refractivity contribution < 1.29 is 29.3 Å². The molecule has 2 N–H and O–H groups in total. The van der Waals surface area contributed by atoms with E-state index in [4.69, 9.17) is 4.74 Å². The molecule has 0 aromatic rings. The summed E-state index contributed by atoms with van der Waals surface area (Å²) in [5.74, 6) is -0.297. The van der Waals surface area contributed by atoms with E-state index in [1.165, 1.54) is 5.57 Å². The molecule has 4 aliphatic carbocycles. The quantitative estimate of drug-likeness (QED) is 0.606. The first-order chi connectivity index (χ1) is 15.1. The summed E-state index contributed by atoms with van der Waals surface area (Å²) in [5.41, 5.74) is -1.12. The van der Waals surface area contributed by atoms with Crippen molar-refractivity contribution in [3.8, 4) is 0 Å². The molecule has 0 radical (unpaired) electrons. The zero-order valence-corrected chi connectivity index (χ0v) is 19.7. The molecule has 7 atom stereocenters. The van der Waals surface area contributed by atoms with Crippen LogP contribution in [0.5, 0.6) is 0 Å². The average molecular weight is 447 g/mol. The Balaban J connectivity index is 1.70. The summed E-state index contributed by atoms with van der Waals surface area (Å²) >= 11 is 0. The van der Waals surface area contributed by atoms with Crippen molar-refractivity contribution in [3.63, 3.8) is 0 Å². The van der Waals surface area contributed by atoms with Crippen molar-refractivity contribution in [2.75, 3.05) is 6.61 Å². The van der Waals surface area contributed by atoms with E-state index in [0.717, 1.165) is 32.1 Å². The predicted molar refractivity (Wildman–Crippen MR) is 119 cm³/mol. The van der Waals surface area contributed by atoms with Crippen LogP contribution in [-0.4, -0.2) is 46.1 Å². The van der Waals surface area contributed by atoms with E-state index in [0.29, 0.717) is 25.7 Å². The number of esters is 1. The van der Waals surface area contributed by atoms with Gasteiger partial charge < -0.3 is 14.9 Å². The molecular weight excluding hydrogens is 408 g/mol. The molecule has 4 rings (SSSR count). The van der Waals surface area contributed by atoms with E-state index in [2.05, 4.69) is 6.92 Å². The zero-order valence-electron chi connectivity index (χ0n) is 19.7. The van der Waals surface area contributed by atoms with Crippen molar-refractivity contribution >= 4 is 17.5 Å². The van der Waals surface area contributed by atoms with Gasteiger partial charge in [0.1, 0.15) is 6.61 Å². The van der Waals surface area contributed by atoms with E-state index < -0.39 is 35.5 Å². The molecule has 0 heterocycles. The van der Waals surface area contributed by atoms with Crippen molar-refractivity contribution in [3.05, 3.63) is 11.6 Å². The fourth-order valence-electron chi connectivity index (χ4n) is 8.05. The number of fused-ring (bicyclic) bond motifs is 5. The van der Waals surface area contributed by atoms with Gasteiger partial charge in [0.25, 0.3) is 0 Å². The molecule has 0 amide bonds. The lowest BCUT2D eigenvalue weighted by molar-refractivity contribution is -0.202. The third kappa shape index (κ3) is 3.32. The molecule has 0 bridgehead atoms. The van der Waals surface area contributed by atoms with Gasteiger partial charge in [-0.1, -0.05) is 32.8 Å². The van der Waals surface area contributed by atoms with Gasteiger partial charge in [-0.25, -0.2) is 0 Å². The highest BCUT2D eigenvalue weighted by molar-refractivity contribution is 5.92. The number of rotatable bonds is 6. The Hall–Kier alpha value is -1.53. The van der Waals surface area contributed by atoms with Gasteiger partial charge >= 0.3 is 5.97 Å². The van der Waals surface area contributed by atoms with Crippen LogP contribution in [-0.2, 0) is 19.1 Å². The minimum atomic E-state index is -1.37. The van der Waals surface area contributed by atoms with E-state index in [9.17, 15) is 24.6 Å². The Bertz CT molecular complexity index is 832. The lowest BCUT2D eigenvalue weighted by atomic mass is 9.45. The molecule has 0 aromatic heterocycles. The van der Waals surface area contributed by atoms with Crippen LogP contribution in [0.4, 0.5) is 0 Å². The largest absolute Gasteiger partial charge is 0.450 e. The summed E-state index contributed by atoms with van der Waals surface area (Å²) in [7, 11) is 0. The van der Waals surface area contributed by atoms with Crippen LogP contribution in [0.1, 0.15) is 85.0 Å². The molecule has 3 saturated carbocycles. The predicted octanol–water partition coefficient (Wildman–Crippen LogP) is 3.52. The number of allylic oxidation sites excluding steroid dienone is 1. The van der Waals surface area contributed by atoms with Gasteiger partial charge in [-0.3, -0.25) is 14.4 Å². The first kappa shape index (κ1) is 23.6. The maximum Gasteiger partial charge on any atom is 0.306 e. The molecule has 0 aromatic carbocycles. The summed E-state index contributed by atoms with van der Waals surface area (Å²) in [6.07, 6.45) is 7.44. The monoisotopic (exact) mass is 446 g/mol. The van der Waals surface area contributed by atoms with E-state index in [-0.39, 0.29) is 35.4 Å². The highest BCUT2D eigenvalue weighted by Crippen LogP contribution is 2.68. The lowest BCUT2D eigenvalue weighted by Gasteiger charge is -2.60. The van der Waals surface area contributed by atoms with Gasteiger partial charge in [-0.15, -0.1) is 0 Å². The SMILES string of the molecule is CCCCC(=O)O[C@]1(C(=O)CO)CC[C@@H]2[C@@H]3CCC4=CC(=O)CC[C@]4(C)[C@@H]3[C@@H](O)C[C@@]21C. The zero-order chi connectivity index (χ0) is 23.3. The molecule has 3 fully saturated rings. The molecule has 6 heteroatoms. The first-order valence-electron chi connectivity index (χ1n) is 12.4. The second-order valence-electron chi connectivity index (χ2n) is 11.1. The molecule has 178 valence electrons. The maximum atomic E-state index is 13.1. The number of ketones is 2. The van der Waals surface area contributed by atoms with E-state index in [1.807, 2.05) is 19.9 Å². The number of hydrogen-bond donors (Lipinski definition) is 2. The van der Waals surface area contributed by atoms with Crippen LogP contribution in [0.3, 0.4) is 0 Å². The van der Waals surface area contributed by atoms with Gasteiger partial charge in [0.2, 0.25) is 5.78 Å². The summed E-state index contributed by atoms with van der Waals surface area (Å²) < 4.78 is 5.98. The molecule has 0 spiro atoms. The van der Waals surface area contributed by atoms with Gasteiger partial charge in [-0.2, -0.15) is 0 Å². The second kappa shape index (κ2) is 8.35. The smallest absolute Gasteiger partial charge is 0.306 e. The summed E-state index contributed by atoms with van der Waals surface area (Å²) in [5, 5.41) is 21.4. The standard InChI is InChI=1S/C26H38O6/c1-4-5-6-22(31)32-26(21(30)15-27)12-10-19-18-8-7-16-13-17(28)9-11-24(16,2)23(18)20(29)14-25(19,26)3/h13,18-20,23,27,29H,4-12,14-15H2,1-3H3/t18-,19+,20-,23-,24-,25-,26-/m0/s1. The Kier molecular flexibility index (Phi) is 6.17. The highest BCUT2D eigenvalue weighted by Gasteiger charge is 2.70. The topological polar surface area (TPSA) is 101 Å². The third-order valence-corrected chi connectivity index (χ3v) is 9.63.